The van der Waals surface area contributed by atoms with Crippen LogP contribution in [0.25, 0.3) is 11.4 Å². The summed E-state index contributed by atoms with van der Waals surface area (Å²) in [5.41, 5.74) is 8.37. The molecule has 1 heterocycles. The summed E-state index contributed by atoms with van der Waals surface area (Å²) in [6.07, 6.45) is 4.19. The summed E-state index contributed by atoms with van der Waals surface area (Å²) in [7, 11) is 0. The van der Waals surface area contributed by atoms with E-state index in [0.29, 0.717) is 24.1 Å². The van der Waals surface area contributed by atoms with Gasteiger partial charge in [0.1, 0.15) is 0 Å². The van der Waals surface area contributed by atoms with E-state index in [1.165, 1.54) is 18.4 Å². The molecule has 19 heavy (non-hydrogen) atoms. The largest absolute Gasteiger partial charge is 0.339 e. The van der Waals surface area contributed by atoms with E-state index in [0.717, 1.165) is 12.0 Å². The van der Waals surface area contributed by atoms with Crippen LogP contribution in [0.3, 0.4) is 0 Å². The maximum Gasteiger partial charge on any atom is 0.228 e. The normalized spacial score (nSPS) is 16.5. The first kappa shape index (κ1) is 12.4. The molecule has 4 heteroatoms. The van der Waals surface area contributed by atoms with Crippen LogP contribution in [0.2, 0.25) is 0 Å². The van der Waals surface area contributed by atoms with Gasteiger partial charge in [-0.3, -0.25) is 0 Å². The van der Waals surface area contributed by atoms with Crippen molar-refractivity contribution in [2.45, 2.75) is 38.6 Å². The van der Waals surface area contributed by atoms with Gasteiger partial charge in [0.15, 0.2) is 0 Å². The summed E-state index contributed by atoms with van der Waals surface area (Å²) in [6, 6.07) is 8.43. The van der Waals surface area contributed by atoms with E-state index < -0.39 is 0 Å². The van der Waals surface area contributed by atoms with Crippen molar-refractivity contribution in [1.29, 1.82) is 0 Å². The summed E-state index contributed by atoms with van der Waals surface area (Å²) in [6.45, 7) is 2.14. The van der Waals surface area contributed by atoms with Crippen molar-refractivity contribution in [2.24, 2.45) is 11.7 Å². The summed E-state index contributed by atoms with van der Waals surface area (Å²) in [5.74, 6) is 1.95. The number of aryl methyl sites for hydroxylation is 1. The molecule has 0 aliphatic heterocycles. The predicted octanol–water partition coefficient (Wildman–Crippen LogP) is 2.58. The van der Waals surface area contributed by atoms with Gasteiger partial charge in [-0.15, -0.1) is 0 Å². The van der Waals surface area contributed by atoms with Crippen LogP contribution < -0.4 is 5.73 Å². The average molecular weight is 257 g/mol. The molecular weight excluding hydrogens is 238 g/mol. The van der Waals surface area contributed by atoms with Crippen molar-refractivity contribution in [3.05, 3.63) is 35.7 Å². The molecule has 1 fully saturated rings. The minimum absolute atomic E-state index is 0.163. The minimum atomic E-state index is 0.163. The van der Waals surface area contributed by atoms with Gasteiger partial charge in [0, 0.05) is 18.0 Å². The molecule has 1 aliphatic rings. The van der Waals surface area contributed by atoms with Gasteiger partial charge in [-0.25, -0.2) is 0 Å². The number of nitrogens with two attached hydrogens (primary N) is 1. The van der Waals surface area contributed by atoms with Crippen molar-refractivity contribution in [1.82, 2.24) is 10.1 Å². The zero-order valence-corrected chi connectivity index (χ0v) is 11.2. The fourth-order valence-corrected chi connectivity index (χ4v) is 2.24. The number of benzene rings is 1. The first-order chi connectivity index (χ1) is 9.26. The van der Waals surface area contributed by atoms with Gasteiger partial charge in [0.05, 0.1) is 0 Å². The Bertz CT molecular complexity index is 543. The third-order valence-corrected chi connectivity index (χ3v) is 3.73. The van der Waals surface area contributed by atoms with E-state index in [4.69, 9.17) is 10.3 Å². The maximum absolute atomic E-state index is 6.07. The lowest BCUT2D eigenvalue weighted by atomic mass is 10.1. The van der Waals surface area contributed by atoms with Crippen molar-refractivity contribution in [2.75, 3.05) is 0 Å². The lowest BCUT2D eigenvalue weighted by Gasteiger charge is -2.04. The van der Waals surface area contributed by atoms with Crippen LogP contribution in [-0.4, -0.2) is 16.2 Å². The zero-order chi connectivity index (χ0) is 13.2. The Kier molecular flexibility index (Phi) is 3.34. The predicted molar refractivity (Wildman–Crippen MR) is 73.5 cm³/mol. The van der Waals surface area contributed by atoms with E-state index >= 15 is 0 Å². The number of nitrogens with zero attached hydrogens (tertiary/aromatic N) is 2. The van der Waals surface area contributed by atoms with Crippen LogP contribution in [0.15, 0.2) is 28.8 Å². The Labute approximate surface area is 113 Å². The third-order valence-electron chi connectivity index (χ3n) is 3.73. The topological polar surface area (TPSA) is 64.9 Å². The summed E-state index contributed by atoms with van der Waals surface area (Å²) in [5, 5.41) is 4.03. The Balaban J connectivity index is 1.72. The highest BCUT2D eigenvalue weighted by Gasteiger charge is 2.29. The van der Waals surface area contributed by atoms with Crippen molar-refractivity contribution in [3.8, 4) is 11.4 Å². The lowest BCUT2D eigenvalue weighted by Crippen LogP contribution is -2.25. The lowest BCUT2D eigenvalue weighted by molar-refractivity contribution is 0.364. The molecule has 1 aromatic carbocycles. The molecule has 0 amide bonds. The van der Waals surface area contributed by atoms with Crippen LogP contribution in [0.4, 0.5) is 0 Å². The highest BCUT2D eigenvalue weighted by Crippen LogP contribution is 2.32. The van der Waals surface area contributed by atoms with Gasteiger partial charge in [0.2, 0.25) is 11.7 Å². The SMILES string of the molecule is CCc1ccc(-c2noc(CC(N)C3CC3)n2)cc1. The first-order valence-electron chi connectivity index (χ1n) is 6.93. The quantitative estimate of drug-likeness (QED) is 0.894. The molecule has 1 unspecified atom stereocenters. The number of hydrogen-bond acceptors (Lipinski definition) is 4. The summed E-state index contributed by atoms with van der Waals surface area (Å²) >= 11 is 0. The minimum Gasteiger partial charge on any atom is -0.339 e. The van der Waals surface area contributed by atoms with Gasteiger partial charge in [-0.2, -0.15) is 4.98 Å². The van der Waals surface area contributed by atoms with Crippen molar-refractivity contribution >= 4 is 0 Å². The van der Waals surface area contributed by atoms with Crippen LogP contribution in [0, 0.1) is 5.92 Å². The van der Waals surface area contributed by atoms with Crippen LogP contribution in [-0.2, 0) is 12.8 Å². The van der Waals surface area contributed by atoms with Gasteiger partial charge in [0.25, 0.3) is 0 Å². The van der Waals surface area contributed by atoms with E-state index in [1.54, 1.807) is 0 Å². The van der Waals surface area contributed by atoms with E-state index in [9.17, 15) is 0 Å². The van der Waals surface area contributed by atoms with Crippen LogP contribution in [0.5, 0.6) is 0 Å². The summed E-state index contributed by atoms with van der Waals surface area (Å²) < 4.78 is 5.28. The molecule has 2 N–H and O–H groups in total. The second-order valence-electron chi connectivity index (χ2n) is 5.27. The Morgan fingerprint density at radius 2 is 2.05 bits per heavy atom. The monoisotopic (exact) mass is 257 g/mol. The smallest absolute Gasteiger partial charge is 0.228 e. The molecule has 0 radical (unpaired) electrons. The third kappa shape index (κ3) is 2.84. The molecule has 3 rings (SSSR count). The van der Waals surface area contributed by atoms with Crippen molar-refractivity contribution in [3.63, 3.8) is 0 Å². The Morgan fingerprint density at radius 1 is 1.32 bits per heavy atom. The Morgan fingerprint density at radius 3 is 2.68 bits per heavy atom. The van der Waals surface area contributed by atoms with E-state index in [1.807, 2.05) is 12.1 Å². The second kappa shape index (κ2) is 5.13. The van der Waals surface area contributed by atoms with Gasteiger partial charge in [-0.1, -0.05) is 36.3 Å². The fraction of sp³-hybridized carbons (Fsp3) is 0.467. The van der Waals surface area contributed by atoms with Crippen molar-refractivity contribution < 1.29 is 4.52 Å². The van der Waals surface area contributed by atoms with Crippen LogP contribution >= 0.6 is 0 Å². The molecule has 1 atom stereocenters. The van der Waals surface area contributed by atoms with E-state index in [2.05, 4.69) is 29.2 Å². The highest BCUT2D eigenvalue weighted by atomic mass is 16.5. The molecule has 0 saturated heterocycles. The standard InChI is InChI=1S/C15H19N3O/c1-2-10-3-5-12(6-4-10)15-17-14(19-18-15)9-13(16)11-7-8-11/h3-6,11,13H,2,7-9,16H2,1H3. The molecule has 2 aromatic rings. The first-order valence-corrected chi connectivity index (χ1v) is 6.93. The van der Waals surface area contributed by atoms with Gasteiger partial charge >= 0.3 is 0 Å². The Hall–Kier alpha value is -1.68. The molecule has 0 bridgehead atoms. The van der Waals surface area contributed by atoms with Gasteiger partial charge < -0.3 is 10.3 Å². The zero-order valence-electron chi connectivity index (χ0n) is 11.2. The number of hydrogen-bond donors (Lipinski definition) is 1. The number of rotatable bonds is 5. The highest BCUT2D eigenvalue weighted by molar-refractivity contribution is 5.54. The summed E-state index contributed by atoms with van der Waals surface area (Å²) in [4.78, 5) is 4.43. The maximum atomic E-state index is 6.07. The van der Waals surface area contributed by atoms with Gasteiger partial charge in [-0.05, 0) is 30.7 Å². The molecule has 4 nitrogen and oxygen atoms in total. The molecule has 1 aromatic heterocycles. The molecule has 0 spiro atoms. The molecular formula is C15H19N3O. The second-order valence-corrected chi connectivity index (χ2v) is 5.27. The number of aromatic nitrogens is 2. The molecule has 1 saturated carbocycles. The molecule has 1 aliphatic carbocycles. The average Bonchev–Trinajstić information content (AvgIpc) is 3.20. The van der Waals surface area contributed by atoms with Crippen LogP contribution in [0.1, 0.15) is 31.2 Å². The molecule has 100 valence electrons. The fourth-order valence-electron chi connectivity index (χ4n) is 2.24. The van der Waals surface area contributed by atoms with E-state index in [-0.39, 0.29) is 6.04 Å².